The van der Waals surface area contributed by atoms with Gasteiger partial charge in [0.05, 0.1) is 22.0 Å². The molecule has 0 radical (unpaired) electrons. The van der Waals surface area contributed by atoms with Gasteiger partial charge in [-0.1, -0.05) is 6.07 Å². The second-order valence-corrected chi connectivity index (χ2v) is 9.82. The summed E-state index contributed by atoms with van der Waals surface area (Å²) in [5, 5.41) is 7.71. The number of thiophene rings is 1. The van der Waals surface area contributed by atoms with E-state index < -0.39 is 0 Å². The van der Waals surface area contributed by atoms with Gasteiger partial charge in [0.2, 0.25) is 5.95 Å². The Bertz CT molecular complexity index is 1110. The molecule has 4 heterocycles. The van der Waals surface area contributed by atoms with Crippen LogP contribution in [0, 0.1) is 0 Å². The molecule has 0 aromatic carbocycles. The van der Waals surface area contributed by atoms with Gasteiger partial charge in [0, 0.05) is 26.3 Å². The highest BCUT2D eigenvalue weighted by molar-refractivity contribution is 7.17. The van der Waals surface area contributed by atoms with E-state index in [0.29, 0.717) is 11.6 Å². The van der Waals surface area contributed by atoms with Crippen LogP contribution < -0.4 is 10.6 Å². The van der Waals surface area contributed by atoms with Gasteiger partial charge in [-0.2, -0.15) is 0 Å². The molecule has 10 heteroatoms. The number of carbonyl (C=O) groups is 2. The molecule has 2 amide bonds. The van der Waals surface area contributed by atoms with Gasteiger partial charge in [0.15, 0.2) is 5.69 Å². The number of amides is 2. The maximum atomic E-state index is 12.0. The number of ether oxygens (including phenoxy) is 1. The van der Waals surface area contributed by atoms with E-state index in [1.165, 1.54) is 11.3 Å². The number of nitrogens with one attached hydrogen (secondary N) is 2. The fourth-order valence-corrected chi connectivity index (χ4v) is 4.14. The molecule has 34 heavy (non-hydrogen) atoms. The van der Waals surface area contributed by atoms with Gasteiger partial charge in [-0.3, -0.25) is 9.78 Å². The number of nitrogens with zero attached hydrogens (tertiary/aromatic N) is 4. The zero-order valence-electron chi connectivity index (χ0n) is 20.3. The standard InChI is InChI=1S/C15H15N5OS.C9H17NO2/c1-9(10-5-3-4-7-17-10)18-15-19-11-6-8-22-13(11)12(20-15)14(21)16-2;1-9(2,3)12-8(11)10-6-4-5-7-10/h3-9H,1-2H3,(H,16,21)(H,18,19,20);4-7H2,1-3H3/t9-;/m0./s1. The van der Waals surface area contributed by atoms with E-state index in [0.717, 1.165) is 41.8 Å². The molecule has 1 aliphatic heterocycles. The van der Waals surface area contributed by atoms with Crippen LogP contribution in [0.4, 0.5) is 10.7 Å². The Labute approximate surface area is 204 Å². The monoisotopic (exact) mass is 484 g/mol. The molecule has 0 spiro atoms. The second kappa shape index (κ2) is 11.2. The quantitative estimate of drug-likeness (QED) is 0.555. The average molecular weight is 485 g/mol. The summed E-state index contributed by atoms with van der Waals surface area (Å²) in [6, 6.07) is 7.55. The van der Waals surface area contributed by atoms with E-state index in [9.17, 15) is 9.59 Å². The van der Waals surface area contributed by atoms with Crippen LogP contribution in [-0.2, 0) is 4.74 Å². The highest BCUT2D eigenvalue weighted by Gasteiger charge is 2.24. The van der Waals surface area contributed by atoms with Crippen molar-refractivity contribution in [1.82, 2.24) is 25.2 Å². The molecule has 1 atom stereocenters. The minimum Gasteiger partial charge on any atom is -0.444 e. The minimum atomic E-state index is -0.361. The van der Waals surface area contributed by atoms with Crippen molar-refractivity contribution in [1.29, 1.82) is 0 Å². The fraction of sp³-hybridized carbons (Fsp3) is 0.458. The summed E-state index contributed by atoms with van der Waals surface area (Å²) in [6.07, 6.45) is 3.80. The fourth-order valence-electron chi connectivity index (χ4n) is 3.33. The molecule has 0 aliphatic carbocycles. The smallest absolute Gasteiger partial charge is 0.410 e. The first kappa shape index (κ1) is 25.4. The number of anilines is 1. The minimum absolute atomic E-state index is 0.0603. The van der Waals surface area contributed by atoms with E-state index in [1.807, 2.05) is 57.3 Å². The van der Waals surface area contributed by atoms with Crippen LogP contribution in [0.5, 0.6) is 0 Å². The maximum Gasteiger partial charge on any atom is 0.410 e. The van der Waals surface area contributed by atoms with Crippen LogP contribution in [0.2, 0.25) is 0 Å². The van der Waals surface area contributed by atoms with E-state index in [4.69, 9.17) is 4.74 Å². The lowest BCUT2D eigenvalue weighted by Crippen LogP contribution is -2.34. The van der Waals surface area contributed by atoms with Crippen LogP contribution in [0.15, 0.2) is 35.8 Å². The topological polar surface area (TPSA) is 109 Å². The first-order chi connectivity index (χ1) is 16.2. The van der Waals surface area contributed by atoms with Crippen LogP contribution in [-0.4, -0.2) is 57.6 Å². The summed E-state index contributed by atoms with van der Waals surface area (Å²) in [6.45, 7) is 9.36. The van der Waals surface area contributed by atoms with Crippen molar-refractivity contribution in [3.05, 3.63) is 47.2 Å². The normalized spacial score (nSPS) is 14.2. The SMILES string of the molecule is CC(C)(C)OC(=O)N1CCCC1.CNC(=O)c1nc(N[C@@H](C)c2ccccn2)nc2ccsc12. The summed E-state index contributed by atoms with van der Waals surface area (Å²) in [5.74, 6) is 0.200. The Kier molecular flexibility index (Phi) is 8.38. The van der Waals surface area contributed by atoms with E-state index in [-0.39, 0.29) is 23.6 Å². The molecular weight excluding hydrogens is 452 g/mol. The molecule has 0 bridgehead atoms. The molecule has 1 saturated heterocycles. The first-order valence-corrected chi connectivity index (χ1v) is 12.2. The van der Waals surface area contributed by atoms with Crippen molar-refractivity contribution >= 4 is 39.5 Å². The predicted molar refractivity (Wildman–Crippen MR) is 134 cm³/mol. The Morgan fingerprint density at radius 3 is 2.50 bits per heavy atom. The van der Waals surface area contributed by atoms with Crippen molar-refractivity contribution in [2.45, 2.75) is 52.2 Å². The van der Waals surface area contributed by atoms with Crippen LogP contribution in [0.1, 0.15) is 62.8 Å². The van der Waals surface area contributed by atoms with Gasteiger partial charge in [-0.05, 0) is 64.1 Å². The lowest BCUT2D eigenvalue weighted by Gasteiger charge is -2.23. The van der Waals surface area contributed by atoms with Gasteiger partial charge >= 0.3 is 6.09 Å². The average Bonchev–Trinajstić information content (AvgIpc) is 3.50. The lowest BCUT2D eigenvalue weighted by molar-refractivity contribution is 0.0295. The third-order valence-corrected chi connectivity index (χ3v) is 5.89. The zero-order valence-corrected chi connectivity index (χ0v) is 21.1. The molecule has 0 unspecified atom stereocenters. The Morgan fingerprint density at radius 1 is 1.15 bits per heavy atom. The molecule has 182 valence electrons. The summed E-state index contributed by atoms with van der Waals surface area (Å²) in [5.41, 5.74) is 1.67. The van der Waals surface area contributed by atoms with E-state index in [2.05, 4.69) is 25.6 Å². The highest BCUT2D eigenvalue weighted by Crippen LogP contribution is 2.25. The highest BCUT2D eigenvalue weighted by atomic mass is 32.1. The number of fused-ring (bicyclic) bond motifs is 1. The van der Waals surface area contributed by atoms with Crippen molar-refractivity contribution in [2.75, 3.05) is 25.5 Å². The summed E-state index contributed by atoms with van der Waals surface area (Å²) in [4.78, 5) is 38.3. The molecule has 0 saturated carbocycles. The summed E-state index contributed by atoms with van der Waals surface area (Å²) in [7, 11) is 1.59. The van der Waals surface area contributed by atoms with E-state index >= 15 is 0 Å². The third-order valence-electron chi connectivity index (χ3n) is 4.98. The third kappa shape index (κ3) is 6.86. The number of carbonyl (C=O) groups excluding carboxylic acids is 2. The molecule has 3 aromatic rings. The van der Waals surface area contributed by atoms with Gasteiger partial charge in [0.25, 0.3) is 5.91 Å². The first-order valence-electron chi connectivity index (χ1n) is 11.3. The van der Waals surface area contributed by atoms with Crippen molar-refractivity contribution in [2.24, 2.45) is 0 Å². The Morgan fingerprint density at radius 2 is 1.88 bits per heavy atom. The summed E-state index contributed by atoms with van der Waals surface area (Å²) < 4.78 is 6.00. The second-order valence-electron chi connectivity index (χ2n) is 8.91. The maximum absolute atomic E-state index is 12.0. The number of rotatable bonds is 4. The van der Waals surface area contributed by atoms with Gasteiger partial charge in [-0.25, -0.2) is 14.8 Å². The van der Waals surface area contributed by atoms with Gasteiger partial charge in [0.1, 0.15) is 5.60 Å². The van der Waals surface area contributed by atoms with E-state index in [1.54, 1.807) is 18.1 Å². The molecule has 4 rings (SSSR count). The van der Waals surface area contributed by atoms with Gasteiger partial charge < -0.3 is 20.3 Å². The van der Waals surface area contributed by atoms with Crippen LogP contribution >= 0.6 is 11.3 Å². The van der Waals surface area contributed by atoms with Crippen LogP contribution in [0.25, 0.3) is 10.2 Å². The Balaban J connectivity index is 0.000000229. The zero-order chi connectivity index (χ0) is 24.7. The molecular formula is C24H32N6O3S. The van der Waals surface area contributed by atoms with Crippen LogP contribution in [0.3, 0.4) is 0 Å². The lowest BCUT2D eigenvalue weighted by atomic mass is 10.2. The number of aromatic nitrogens is 3. The number of pyridine rings is 1. The molecule has 3 aromatic heterocycles. The number of likely N-dealkylation sites (tertiary alicyclic amines) is 1. The number of hydrogen-bond donors (Lipinski definition) is 2. The Hall–Kier alpha value is -3.27. The molecule has 9 nitrogen and oxygen atoms in total. The molecule has 1 fully saturated rings. The molecule has 2 N–H and O–H groups in total. The number of hydrogen-bond acceptors (Lipinski definition) is 8. The van der Waals surface area contributed by atoms with Crippen molar-refractivity contribution < 1.29 is 14.3 Å². The predicted octanol–water partition coefficient (Wildman–Crippen LogP) is 4.64. The molecule has 1 aliphatic rings. The van der Waals surface area contributed by atoms with Gasteiger partial charge in [-0.15, -0.1) is 11.3 Å². The summed E-state index contributed by atoms with van der Waals surface area (Å²) >= 11 is 1.46. The van der Waals surface area contributed by atoms with Crippen molar-refractivity contribution in [3.63, 3.8) is 0 Å². The largest absolute Gasteiger partial charge is 0.444 e. The van der Waals surface area contributed by atoms with Crippen molar-refractivity contribution in [3.8, 4) is 0 Å².